The van der Waals surface area contributed by atoms with Gasteiger partial charge in [-0.2, -0.15) is 0 Å². The van der Waals surface area contributed by atoms with Gasteiger partial charge in [-0.25, -0.2) is 0 Å². The van der Waals surface area contributed by atoms with Crippen LogP contribution in [0, 0.1) is 35.0 Å². The fraction of sp³-hybridized carbons (Fsp3) is 0.586. The summed E-state index contributed by atoms with van der Waals surface area (Å²) in [5.41, 5.74) is 6.56. The van der Waals surface area contributed by atoms with Gasteiger partial charge >= 0.3 is 5.97 Å². The van der Waals surface area contributed by atoms with Crippen LogP contribution in [0.5, 0.6) is 0 Å². The van der Waals surface area contributed by atoms with Crippen molar-refractivity contribution in [2.45, 2.75) is 213 Å². The minimum Gasteiger partial charge on any atom is -0.481 e. The van der Waals surface area contributed by atoms with Gasteiger partial charge < -0.3 is 41.2 Å². The molecule has 4 amide bonds. The number of carbonyl (C=O) groups excluding carboxylic acids is 8. The minimum absolute atomic E-state index is 0.0188. The summed E-state index contributed by atoms with van der Waals surface area (Å²) in [5.74, 6) is -6.70. The number of ketones is 4. The number of amides is 4. The van der Waals surface area contributed by atoms with Crippen LogP contribution in [0.15, 0.2) is 97.2 Å². The van der Waals surface area contributed by atoms with Crippen LogP contribution in [0.3, 0.4) is 0 Å². The van der Waals surface area contributed by atoms with E-state index in [1.54, 1.807) is 34.1 Å². The Morgan fingerprint density at radius 3 is 2.15 bits per heavy atom. The average molecular weight is 1180 g/mol. The Bertz CT molecular complexity index is 2920. The molecule has 16 nitrogen and oxygen atoms in total. The highest BCUT2D eigenvalue weighted by molar-refractivity contribution is 5.98. The van der Waals surface area contributed by atoms with Crippen LogP contribution < -0.4 is 16.4 Å². The molecule has 86 heavy (non-hydrogen) atoms. The number of carbonyl (C=O) groups is 9. The van der Waals surface area contributed by atoms with E-state index < -0.39 is 77.5 Å². The molecule has 0 radical (unpaired) electrons. The molecule has 3 fully saturated rings. The number of benzene rings is 3. The van der Waals surface area contributed by atoms with Crippen molar-refractivity contribution >= 4 is 63.5 Å². The maximum atomic E-state index is 15.3. The zero-order chi connectivity index (χ0) is 62.9. The van der Waals surface area contributed by atoms with Crippen molar-refractivity contribution in [1.29, 1.82) is 0 Å². The van der Waals surface area contributed by atoms with E-state index in [2.05, 4.69) is 30.7 Å². The minimum atomic E-state index is -1.70. The van der Waals surface area contributed by atoms with Crippen LogP contribution in [-0.2, 0) is 56.0 Å². The Morgan fingerprint density at radius 1 is 0.791 bits per heavy atom. The number of allylic oxidation sites excluding steroid dienone is 2. The van der Waals surface area contributed by atoms with E-state index in [-0.39, 0.29) is 98.0 Å². The molecular weight excluding hydrogens is 1090 g/mol. The van der Waals surface area contributed by atoms with E-state index in [4.69, 9.17) is 5.73 Å². The molecule has 3 aliphatic rings. The van der Waals surface area contributed by atoms with Crippen molar-refractivity contribution in [1.82, 2.24) is 20.4 Å². The number of likely N-dealkylation sites (tertiary alicyclic amines) is 2. The second-order valence-electron chi connectivity index (χ2n) is 25.9. The van der Waals surface area contributed by atoms with Crippen molar-refractivity contribution < 1.29 is 53.4 Å². The van der Waals surface area contributed by atoms with Crippen LogP contribution in [-0.4, -0.2) is 116 Å². The molecule has 0 spiro atoms. The molecule has 2 aliphatic heterocycles. The molecule has 0 bridgehead atoms. The molecule has 3 unspecified atom stereocenters. The van der Waals surface area contributed by atoms with Gasteiger partial charge in [0.2, 0.25) is 23.6 Å². The predicted octanol–water partition coefficient (Wildman–Crippen LogP) is 10.1. The fourth-order valence-corrected chi connectivity index (χ4v) is 13.9. The number of nitrogens with zero attached hydrogens (tertiary/aromatic N) is 2. The summed E-state index contributed by atoms with van der Waals surface area (Å²) in [6.45, 7) is 18.7. The summed E-state index contributed by atoms with van der Waals surface area (Å²) < 4.78 is 0. The number of carboxylic acids is 1. The van der Waals surface area contributed by atoms with Gasteiger partial charge in [0, 0.05) is 68.6 Å². The zero-order valence-corrected chi connectivity index (χ0v) is 52.0. The highest BCUT2D eigenvalue weighted by Crippen LogP contribution is 2.51. The monoisotopic (exact) mass is 1180 g/mol. The Kier molecular flexibility index (Phi) is 25.2. The number of rotatable bonds is 35. The zero-order valence-electron chi connectivity index (χ0n) is 52.0. The lowest BCUT2D eigenvalue weighted by atomic mass is 9.71. The number of hydrogen-bond acceptors (Lipinski definition) is 11. The Morgan fingerprint density at radius 2 is 1.48 bits per heavy atom. The maximum absolute atomic E-state index is 15.3. The van der Waals surface area contributed by atoms with Crippen LogP contribution >= 0.6 is 0 Å². The summed E-state index contributed by atoms with van der Waals surface area (Å²) >= 11 is 0. The smallest absolute Gasteiger partial charge is 0.307 e. The third-order valence-electron chi connectivity index (χ3n) is 19.1. The second-order valence-corrected chi connectivity index (χ2v) is 25.9. The first-order chi connectivity index (χ1) is 40.9. The summed E-state index contributed by atoms with van der Waals surface area (Å²) in [7, 11) is 0. The first-order valence-electron chi connectivity index (χ1n) is 31.7. The molecule has 2 heterocycles. The summed E-state index contributed by atoms with van der Waals surface area (Å²) in [4.78, 5) is 131. The van der Waals surface area contributed by atoms with Gasteiger partial charge in [-0.1, -0.05) is 151 Å². The molecule has 16 heteroatoms. The number of fused-ring (bicyclic) bond motifs is 2. The lowest BCUT2D eigenvalue weighted by Gasteiger charge is -2.41. The summed E-state index contributed by atoms with van der Waals surface area (Å²) in [6, 6.07) is 19.3. The molecule has 0 aromatic heterocycles. The normalized spacial score (nSPS) is 21.2. The molecule has 6 N–H and O–H groups in total. The lowest BCUT2D eigenvalue weighted by Crippen LogP contribution is -2.61. The third-order valence-corrected chi connectivity index (χ3v) is 19.1. The highest BCUT2D eigenvalue weighted by Gasteiger charge is 2.56. The number of Topliss-reactive ketones (excluding diaryl/α,β-unsaturated/α-hetero) is 4. The van der Waals surface area contributed by atoms with Gasteiger partial charge in [0.25, 0.3) is 0 Å². The van der Waals surface area contributed by atoms with Crippen molar-refractivity contribution in [3.8, 4) is 0 Å². The highest BCUT2D eigenvalue weighted by atomic mass is 16.4. The number of carboxylic acid groups (broad SMARTS) is 1. The topological polar surface area (TPSA) is 251 Å². The molecular formula is C70H97N5O11. The Labute approximate surface area is 509 Å². The molecule has 1 saturated carbocycles. The molecule has 6 rings (SSSR count). The van der Waals surface area contributed by atoms with Crippen molar-refractivity contribution in [3.05, 3.63) is 108 Å². The average Bonchev–Trinajstić information content (AvgIpc) is 1.76. The second kappa shape index (κ2) is 31.7. The number of aliphatic hydroxyl groups is 1. The fourth-order valence-electron chi connectivity index (χ4n) is 13.9. The number of nitrogens with one attached hydrogen (secondary N) is 2. The van der Waals surface area contributed by atoms with E-state index in [0.717, 1.165) is 48.4 Å². The quantitative estimate of drug-likeness (QED) is 0.0345. The van der Waals surface area contributed by atoms with E-state index in [9.17, 15) is 43.8 Å². The van der Waals surface area contributed by atoms with Crippen LogP contribution in [0.4, 0.5) is 0 Å². The Hall–Kier alpha value is -6.81. The number of nitrogens with two attached hydrogens (primary N) is 1. The SMILES string of the molecule is C=C(N)CCC[C@@H](CC(=O)[C@@H](CCCC)CC(C)=O)C(=O)N1[C@H]2CCCC[C@@]2(C)C[C@H]1C(=O)N1CCC[C@@H]1C(=O)CCC(=O)NC(C)(Cc1ccccc1)C(=O)NC(CO)C(=O)C[C@H](Cc1cccc2ccccc12)C(=C)CC(C(=O)O)[C@H](C)CC. The molecule has 3 aromatic carbocycles. The number of unbranched alkanes of at least 4 members (excludes halogenated alkanes) is 1. The largest absolute Gasteiger partial charge is 0.481 e. The van der Waals surface area contributed by atoms with Gasteiger partial charge in [0.1, 0.15) is 29.2 Å². The van der Waals surface area contributed by atoms with Gasteiger partial charge in [0.15, 0.2) is 11.6 Å². The van der Waals surface area contributed by atoms with E-state index >= 15 is 9.59 Å². The summed E-state index contributed by atoms with van der Waals surface area (Å²) in [6.07, 6.45) is 8.50. The van der Waals surface area contributed by atoms with Crippen molar-refractivity contribution in [2.75, 3.05) is 13.2 Å². The first-order valence-corrected chi connectivity index (χ1v) is 31.7. The van der Waals surface area contributed by atoms with E-state index in [1.165, 1.54) is 13.8 Å². The molecule has 468 valence electrons. The number of aliphatic hydroxyl groups excluding tert-OH is 1. The molecule has 11 atom stereocenters. The first kappa shape index (κ1) is 68.3. The number of aliphatic carboxylic acids is 1. The molecule has 1 aliphatic carbocycles. The molecule has 2 saturated heterocycles. The van der Waals surface area contributed by atoms with E-state index in [1.807, 2.05) is 69.3 Å². The van der Waals surface area contributed by atoms with Crippen LogP contribution in [0.2, 0.25) is 0 Å². The number of hydrogen-bond donors (Lipinski definition) is 5. The van der Waals surface area contributed by atoms with Crippen molar-refractivity contribution in [2.24, 2.45) is 40.7 Å². The van der Waals surface area contributed by atoms with Crippen LogP contribution in [0.1, 0.15) is 181 Å². The standard InChI is InChI=1S/C70H97N5O11/c1-9-11-25-52(38-48(6)77)61(79)40-53(29-19-22-47(5)71)65(82)75-59(43-69(7)35-18-17-32-63(69)75)66(83)74-36-21-31-58(74)60(78)33-34-64(81)73-70(8,42-49-23-13-12-14-24-49)68(86)72-57(44-76)62(80)41-54(46(4)37-56(67(84)85)45(3)10-2)39-51-28-20-27-50-26-15-16-30-55(50)51/h12-16,20,23-24,26-28,30,45,52-54,56-59,63,76H,4-5,9-11,17-19,21-22,25,29,31-44,71H2,1-3,6-8H3,(H,72,86)(H,73,81)(H,84,85)/t45-,52+,53+,54+,56?,57?,58-,59+,63+,69+,70?/m1/s1. The maximum Gasteiger partial charge on any atom is 0.307 e. The Balaban J connectivity index is 1.18. The van der Waals surface area contributed by atoms with Gasteiger partial charge in [-0.05, 0) is 124 Å². The van der Waals surface area contributed by atoms with Gasteiger partial charge in [-0.15, -0.1) is 0 Å². The lowest BCUT2D eigenvalue weighted by molar-refractivity contribution is -0.151. The summed E-state index contributed by atoms with van der Waals surface area (Å²) in [5, 5.41) is 28.6. The van der Waals surface area contributed by atoms with E-state index in [0.29, 0.717) is 81.0 Å². The molecule has 3 aromatic rings. The third kappa shape index (κ3) is 17.9. The predicted molar refractivity (Wildman–Crippen MR) is 334 cm³/mol. The van der Waals surface area contributed by atoms with Crippen molar-refractivity contribution in [3.63, 3.8) is 0 Å². The van der Waals surface area contributed by atoms with Crippen LogP contribution in [0.25, 0.3) is 10.8 Å². The van der Waals surface area contributed by atoms with Gasteiger partial charge in [0.05, 0.1) is 18.6 Å². The van der Waals surface area contributed by atoms with Gasteiger partial charge in [-0.3, -0.25) is 38.4 Å².